The van der Waals surface area contributed by atoms with Crippen LogP contribution in [0.4, 0.5) is 5.69 Å². The SMILES string of the molecule is CC1CCC(NCC(=O)Nc2ccccc2)CC1. The molecule has 1 aromatic rings. The number of para-hydroxylation sites is 1. The molecular formula is C15H22N2O. The number of rotatable bonds is 4. The lowest BCUT2D eigenvalue weighted by Crippen LogP contribution is -2.38. The van der Waals surface area contributed by atoms with E-state index in [1.807, 2.05) is 30.3 Å². The molecule has 0 saturated heterocycles. The average molecular weight is 246 g/mol. The van der Waals surface area contributed by atoms with Gasteiger partial charge in [0.1, 0.15) is 0 Å². The van der Waals surface area contributed by atoms with Gasteiger partial charge in [-0.15, -0.1) is 0 Å². The minimum absolute atomic E-state index is 0.0415. The van der Waals surface area contributed by atoms with Crippen molar-refractivity contribution < 1.29 is 4.79 Å². The third-order valence-corrected chi connectivity index (χ3v) is 3.62. The molecule has 1 aliphatic carbocycles. The van der Waals surface area contributed by atoms with Crippen molar-refractivity contribution in [2.45, 2.75) is 38.6 Å². The van der Waals surface area contributed by atoms with Crippen molar-refractivity contribution in [3.63, 3.8) is 0 Å². The fourth-order valence-corrected chi connectivity index (χ4v) is 2.43. The number of nitrogens with one attached hydrogen (secondary N) is 2. The lowest BCUT2D eigenvalue weighted by Gasteiger charge is -2.26. The number of hydrogen-bond donors (Lipinski definition) is 2. The summed E-state index contributed by atoms with van der Waals surface area (Å²) in [4.78, 5) is 11.7. The van der Waals surface area contributed by atoms with Gasteiger partial charge in [0, 0.05) is 11.7 Å². The molecule has 1 fully saturated rings. The molecule has 0 bridgehead atoms. The van der Waals surface area contributed by atoms with Gasteiger partial charge in [-0.25, -0.2) is 0 Å². The summed E-state index contributed by atoms with van der Waals surface area (Å²) in [7, 11) is 0. The van der Waals surface area contributed by atoms with Crippen LogP contribution in [0.1, 0.15) is 32.6 Å². The molecule has 0 aliphatic heterocycles. The summed E-state index contributed by atoms with van der Waals surface area (Å²) in [5, 5.41) is 6.24. The summed E-state index contributed by atoms with van der Waals surface area (Å²) in [6.45, 7) is 2.71. The lowest BCUT2D eigenvalue weighted by atomic mass is 9.87. The number of carbonyl (C=O) groups excluding carboxylic acids is 1. The molecule has 1 amide bonds. The monoisotopic (exact) mass is 246 g/mol. The highest BCUT2D eigenvalue weighted by molar-refractivity contribution is 5.92. The van der Waals surface area contributed by atoms with E-state index in [1.165, 1.54) is 25.7 Å². The van der Waals surface area contributed by atoms with Gasteiger partial charge < -0.3 is 10.6 Å². The third kappa shape index (κ3) is 4.15. The van der Waals surface area contributed by atoms with Crippen LogP contribution < -0.4 is 10.6 Å². The van der Waals surface area contributed by atoms with E-state index >= 15 is 0 Å². The van der Waals surface area contributed by atoms with Gasteiger partial charge in [-0.3, -0.25) is 4.79 Å². The standard InChI is InChI=1S/C15H22N2O/c1-12-7-9-13(10-8-12)16-11-15(18)17-14-5-3-2-4-6-14/h2-6,12-13,16H,7-11H2,1H3,(H,17,18). The Balaban J connectivity index is 1.69. The normalized spacial score (nSPS) is 23.6. The second-order valence-electron chi connectivity index (χ2n) is 5.25. The number of anilines is 1. The first-order valence-corrected chi connectivity index (χ1v) is 6.82. The molecule has 2 rings (SSSR count). The first kappa shape index (κ1) is 13.1. The molecule has 0 atom stereocenters. The summed E-state index contributed by atoms with van der Waals surface area (Å²) in [5.74, 6) is 0.890. The highest BCUT2D eigenvalue weighted by Crippen LogP contribution is 2.23. The van der Waals surface area contributed by atoms with E-state index in [-0.39, 0.29) is 5.91 Å². The number of amides is 1. The molecule has 1 aromatic carbocycles. The molecule has 3 heteroatoms. The van der Waals surface area contributed by atoms with E-state index in [9.17, 15) is 4.79 Å². The van der Waals surface area contributed by atoms with Gasteiger partial charge in [-0.05, 0) is 43.7 Å². The molecule has 1 saturated carbocycles. The van der Waals surface area contributed by atoms with Crippen molar-refractivity contribution in [1.29, 1.82) is 0 Å². The molecule has 0 radical (unpaired) electrons. The van der Waals surface area contributed by atoms with E-state index in [1.54, 1.807) is 0 Å². The highest BCUT2D eigenvalue weighted by atomic mass is 16.1. The van der Waals surface area contributed by atoms with E-state index in [0.717, 1.165) is 11.6 Å². The first-order valence-electron chi connectivity index (χ1n) is 6.82. The maximum Gasteiger partial charge on any atom is 0.238 e. The van der Waals surface area contributed by atoms with Gasteiger partial charge in [-0.1, -0.05) is 25.1 Å². The molecule has 98 valence electrons. The largest absolute Gasteiger partial charge is 0.325 e. The van der Waals surface area contributed by atoms with Crippen molar-refractivity contribution >= 4 is 11.6 Å². The summed E-state index contributed by atoms with van der Waals surface area (Å²) in [5.41, 5.74) is 0.863. The second kappa shape index (κ2) is 6.55. The van der Waals surface area contributed by atoms with E-state index < -0.39 is 0 Å². The predicted octanol–water partition coefficient (Wildman–Crippen LogP) is 2.79. The second-order valence-corrected chi connectivity index (χ2v) is 5.25. The van der Waals surface area contributed by atoms with Crippen LogP contribution in [0.2, 0.25) is 0 Å². The van der Waals surface area contributed by atoms with Crippen LogP contribution in [-0.4, -0.2) is 18.5 Å². The zero-order valence-electron chi connectivity index (χ0n) is 11.0. The van der Waals surface area contributed by atoms with Gasteiger partial charge in [0.15, 0.2) is 0 Å². The van der Waals surface area contributed by atoms with E-state index in [0.29, 0.717) is 12.6 Å². The van der Waals surface area contributed by atoms with E-state index in [4.69, 9.17) is 0 Å². The Bertz CT molecular complexity index is 369. The van der Waals surface area contributed by atoms with Crippen LogP contribution in [0, 0.1) is 5.92 Å². The van der Waals surface area contributed by atoms with Crippen LogP contribution in [0.15, 0.2) is 30.3 Å². The Kier molecular flexibility index (Phi) is 4.76. The summed E-state index contributed by atoms with van der Waals surface area (Å²) in [6, 6.07) is 10.1. The topological polar surface area (TPSA) is 41.1 Å². The summed E-state index contributed by atoms with van der Waals surface area (Å²) >= 11 is 0. The van der Waals surface area contributed by atoms with Crippen LogP contribution in [0.5, 0.6) is 0 Å². The predicted molar refractivity (Wildman–Crippen MR) is 74.5 cm³/mol. The molecule has 0 unspecified atom stereocenters. The zero-order chi connectivity index (χ0) is 12.8. The quantitative estimate of drug-likeness (QED) is 0.857. The van der Waals surface area contributed by atoms with Gasteiger partial charge in [-0.2, -0.15) is 0 Å². The molecule has 0 heterocycles. The van der Waals surface area contributed by atoms with Gasteiger partial charge in [0.2, 0.25) is 5.91 Å². The van der Waals surface area contributed by atoms with Crippen LogP contribution in [0.3, 0.4) is 0 Å². The molecular weight excluding hydrogens is 224 g/mol. The maximum absolute atomic E-state index is 11.7. The molecule has 2 N–H and O–H groups in total. The summed E-state index contributed by atoms with van der Waals surface area (Å²) in [6.07, 6.45) is 4.94. The molecule has 0 spiro atoms. The highest BCUT2D eigenvalue weighted by Gasteiger charge is 2.18. The maximum atomic E-state index is 11.7. The molecule has 1 aliphatic rings. The minimum Gasteiger partial charge on any atom is -0.325 e. The smallest absolute Gasteiger partial charge is 0.238 e. The Labute approximate surface area is 109 Å². The Morgan fingerprint density at radius 1 is 1.17 bits per heavy atom. The van der Waals surface area contributed by atoms with Crippen molar-refractivity contribution in [3.05, 3.63) is 30.3 Å². The summed E-state index contributed by atoms with van der Waals surface area (Å²) < 4.78 is 0. The molecule has 18 heavy (non-hydrogen) atoms. The van der Waals surface area contributed by atoms with Gasteiger partial charge in [0.25, 0.3) is 0 Å². The number of hydrogen-bond acceptors (Lipinski definition) is 2. The first-order chi connectivity index (χ1) is 8.74. The van der Waals surface area contributed by atoms with Gasteiger partial charge in [0.05, 0.1) is 6.54 Å². The van der Waals surface area contributed by atoms with Crippen LogP contribution in [-0.2, 0) is 4.79 Å². The average Bonchev–Trinajstić information content (AvgIpc) is 2.39. The number of carbonyl (C=O) groups is 1. The third-order valence-electron chi connectivity index (χ3n) is 3.62. The van der Waals surface area contributed by atoms with Crippen molar-refractivity contribution in [1.82, 2.24) is 5.32 Å². The Morgan fingerprint density at radius 3 is 2.50 bits per heavy atom. The lowest BCUT2D eigenvalue weighted by molar-refractivity contribution is -0.115. The zero-order valence-corrected chi connectivity index (χ0v) is 11.0. The van der Waals surface area contributed by atoms with Crippen LogP contribution >= 0.6 is 0 Å². The van der Waals surface area contributed by atoms with E-state index in [2.05, 4.69) is 17.6 Å². The van der Waals surface area contributed by atoms with Crippen LogP contribution in [0.25, 0.3) is 0 Å². The number of benzene rings is 1. The van der Waals surface area contributed by atoms with Crippen molar-refractivity contribution in [2.75, 3.05) is 11.9 Å². The fraction of sp³-hybridized carbons (Fsp3) is 0.533. The Hall–Kier alpha value is -1.35. The molecule has 0 aromatic heterocycles. The van der Waals surface area contributed by atoms with Crippen molar-refractivity contribution in [3.8, 4) is 0 Å². The van der Waals surface area contributed by atoms with Crippen molar-refractivity contribution in [2.24, 2.45) is 5.92 Å². The van der Waals surface area contributed by atoms with Gasteiger partial charge >= 0.3 is 0 Å². The fourth-order valence-electron chi connectivity index (χ4n) is 2.43. The molecule has 3 nitrogen and oxygen atoms in total. The Morgan fingerprint density at radius 2 is 1.83 bits per heavy atom. The minimum atomic E-state index is 0.0415.